The monoisotopic (exact) mass is 462 g/mol. The zero-order chi connectivity index (χ0) is 23.7. The Hall–Kier alpha value is -3.03. The largest absolute Gasteiger partial charge is 0.504 e. The Morgan fingerprint density at radius 2 is 2.21 bits per heavy atom. The first kappa shape index (κ1) is 21.5. The van der Waals surface area contributed by atoms with Crippen LogP contribution >= 0.6 is 0 Å². The van der Waals surface area contributed by atoms with Gasteiger partial charge in [0.2, 0.25) is 5.91 Å². The Morgan fingerprint density at radius 1 is 1.35 bits per heavy atom. The molecule has 1 amide bonds. The van der Waals surface area contributed by atoms with Gasteiger partial charge in [-0.2, -0.15) is 0 Å². The van der Waals surface area contributed by atoms with Gasteiger partial charge in [-0.05, 0) is 62.1 Å². The molecular formula is C27H30N2O5. The summed E-state index contributed by atoms with van der Waals surface area (Å²) in [5.41, 5.74) is 0.395. The van der Waals surface area contributed by atoms with E-state index in [0.717, 1.165) is 17.7 Å². The lowest BCUT2D eigenvalue weighted by Crippen LogP contribution is -2.78. The Bertz CT molecular complexity index is 1170. The number of ether oxygens (including phenoxy) is 1. The third-order valence-electron chi connectivity index (χ3n) is 8.68. The second-order valence-electron chi connectivity index (χ2n) is 10.0. The number of aromatic hydroxyl groups is 1. The van der Waals surface area contributed by atoms with Gasteiger partial charge in [-0.3, -0.25) is 9.69 Å². The van der Waals surface area contributed by atoms with E-state index in [9.17, 15) is 15.0 Å². The lowest BCUT2D eigenvalue weighted by molar-refractivity contribution is -0.198. The first-order valence-electron chi connectivity index (χ1n) is 12.0. The van der Waals surface area contributed by atoms with Crippen LogP contribution in [0.1, 0.15) is 36.1 Å². The summed E-state index contributed by atoms with van der Waals surface area (Å²) in [4.78, 5) is 17.2. The molecule has 7 heteroatoms. The molecule has 2 aliphatic heterocycles. The quantitative estimate of drug-likeness (QED) is 0.525. The average Bonchev–Trinajstić information content (AvgIpc) is 3.46. The van der Waals surface area contributed by atoms with Gasteiger partial charge in [0.05, 0.1) is 23.3 Å². The Labute approximate surface area is 198 Å². The van der Waals surface area contributed by atoms with Crippen molar-refractivity contribution in [2.45, 2.75) is 54.9 Å². The van der Waals surface area contributed by atoms with Gasteiger partial charge in [-0.15, -0.1) is 6.58 Å². The van der Waals surface area contributed by atoms with Crippen molar-refractivity contribution in [3.05, 3.63) is 66.1 Å². The second-order valence-corrected chi connectivity index (χ2v) is 10.0. The molecule has 7 nitrogen and oxygen atoms in total. The number of carbonyl (C=O) groups is 1. The van der Waals surface area contributed by atoms with Crippen LogP contribution in [0.3, 0.4) is 0 Å². The van der Waals surface area contributed by atoms with E-state index in [1.165, 1.54) is 6.08 Å². The number of aliphatic hydroxyl groups is 1. The molecule has 0 radical (unpaired) electrons. The number of nitrogens with zero attached hydrogens (tertiary/aromatic N) is 2. The van der Waals surface area contributed by atoms with Crippen molar-refractivity contribution in [1.29, 1.82) is 0 Å². The number of likely N-dealkylation sites (tertiary alicyclic amines) is 1. The highest BCUT2D eigenvalue weighted by Gasteiger charge is 2.73. The SMILES string of the molecule is C=CCN1CC[C@]23c4c5ccc(O)c4O[C@H]2[C@@H](N(C)C(=O)/C=C/c2ccco2)CC[C@@]3(O)[C@H]1C5. The van der Waals surface area contributed by atoms with E-state index in [0.29, 0.717) is 43.7 Å². The summed E-state index contributed by atoms with van der Waals surface area (Å²) in [6.07, 6.45) is 8.78. The molecule has 2 fully saturated rings. The number of hydrogen-bond donors (Lipinski definition) is 2. The van der Waals surface area contributed by atoms with Gasteiger partial charge in [-0.25, -0.2) is 0 Å². The van der Waals surface area contributed by atoms with E-state index in [4.69, 9.17) is 9.15 Å². The predicted octanol–water partition coefficient (Wildman–Crippen LogP) is 2.87. The predicted molar refractivity (Wildman–Crippen MR) is 127 cm³/mol. The highest BCUT2D eigenvalue weighted by Crippen LogP contribution is 2.65. The van der Waals surface area contributed by atoms with E-state index in [-0.39, 0.29) is 23.7 Å². The maximum Gasteiger partial charge on any atom is 0.246 e. The van der Waals surface area contributed by atoms with Gasteiger partial charge in [0.15, 0.2) is 11.5 Å². The average molecular weight is 463 g/mol. The van der Waals surface area contributed by atoms with Crippen LogP contribution in [0.4, 0.5) is 0 Å². The van der Waals surface area contributed by atoms with E-state index in [1.807, 2.05) is 12.1 Å². The molecule has 34 heavy (non-hydrogen) atoms. The Morgan fingerprint density at radius 3 is 2.97 bits per heavy atom. The molecule has 0 unspecified atom stereocenters. The minimum atomic E-state index is -1.00. The van der Waals surface area contributed by atoms with E-state index >= 15 is 0 Å². The van der Waals surface area contributed by atoms with E-state index in [1.54, 1.807) is 42.5 Å². The number of amides is 1. The molecule has 2 aliphatic carbocycles. The first-order chi connectivity index (χ1) is 16.4. The topological polar surface area (TPSA) is 86.4 Å². The molecule has 2 bridgehead atoms. The van der Waals surface area contributed by atoms with Gasteiger partial charge in [0.1, 0.15) is 11.9 Å². The molecule has 1 saturated heterocycles. The molecule has 3 heterocycles. The first-order valence-corrected chi connectivity index (χ1v) is 12.0. The molecule has 178 valence electrons. The lowest BCUT2D eigenvalue weighted by Gasteiger charge is -2.64. The van der Waals surface area contributed by atoms with Crippen molar-refractivity contribution in [2.75, 3.05) is 20.1 Å². The lowest BCUT2D eigenvalue weighted by atomic mass is 9.48. The zero-order valence-corrected chi connectivity index (χ0v) is 19.3. The van der Waals surface area contributed by atoms with Crippen molar-refractivity contribution in [2.24, 2.45) is 0 Å². The van der Waals surface area contributed by atoms with Crippen LogP contribution < -0.4 is 4.74 Å². The van der Waals surface area contributed by atoms with Crippen LogP contribution in [-0.2, 0) is 16.6 Å². The van der Waals surface area contributed by atoms with Crippen LogP contribution in [-0.4, -0.2) is 69.8 Å². The summed E-state index contributed by atoms with van der Waals surface area (Å²) < 4.78 is 11.8. The van der Waals surface area contributed by atoms with Gasteiger partial charge in [0.25, 0.3) is 0 Å². The summed E-state index contributed by atoms with van der Waals surface area (Å²) in [6.45, 7) is 5.44. The molecule has 2 aromatic rings. The van der Waals surface area contributed by atoms with Gasteiger partial charge in [-0.1, -0.05) is 12.1 Å². The molecular weight excluding hydrogens is 432 g/mol. The third-order valence-corrected chi connectivity index (χ3v) is 8.68. The highest BCUT2D eigenvalue weighted by molar-refractivity contribution is 5.91. The van der Waals surface area contributed by atoms with Crippen LogP contribution in [0, 0.1) is 0 Å². The summed E-state index contributed by atoms with van der Waals surface area (Å²) in [5, 5.41) is 23.1. The summed E-state index contributed by atoms with van der Waals surface area (Å²) in [6, 6.07) is 6.93. The fourth-order valence-electron chi connectivity index (χ4n) is 7.21. The highest BCUT2D eigenvalue weighted by atomic mass is 16.5. The standard InChI is InChI=1S/C27H30N2O5/c1-3-13-29-14-12-26-23-17-6-8-20(30)24(23)34-25(26)19(10-11-27(26,32)21(29)16-17)28(2)22(31)9-7-18-5-4-15-33-18/h3-9,15,19,21,25,30,32H,1,10-14,16H2,2H3/b9-7+/t19-,21+,25-,26-,27+/m0/s1. The van der Waals surface area contributed by atoms with Crippen LogP contribution in [0.5, 0.6) is 11.5 Å². The van der Waals surface area contributed by atoms with Crippen molar-refractivity contribution in [1.82, 2.24) is 9.80 Å². The fourth-order valence-corrected chi connectivity index (χ4v) is 7.21. The molecule has 4 aliphatic rings. The fraction of sp³-hybridized carbons (Fsp3) is 0.444. The zero-order valence-electron chi connectivity index (χ0n) is 19.3. The van der Waals surface area contributed by atoms with Crippen LogP contribution in [0.25, 0.3) is 6.08 Å². The molecule has 6 rings (SSSR count). The number of carbonyl (C=O) groups excluding carboxylic acids is 1. The number of likely N-dealkylation sites (N-methyl/N-ethyl adjacent to an activating group) is 1. The van der Waals surface area contributed by atoms with Gasteiger partial charge in [0, 0.05) is 31.3 Å². The van der Waals surface area contributed by atoms with Crippen molar-refractivity contribution in [3.8, 4) is 11.5 Å². The Balaban J connectivity index is 1.41. The van der Waals surface area contributed by atoms with Gasteiger partial charge >= 0.3 is 0 Å². The van der Waals surface area contributed by atoms with E-state index in [2.05, 4.69) is 11.5 Å². The van der Waals surface area contributed by atoms with Crippen molar-refractivity contribution in [3.63, 3.8) is 0 Å². The molecule has 5 atom stereocenters. The maximum absolute atomic E-state index is 13.1. The number of rotatable bonds is 5. The minimum absolute atomic E-state index is 0.0610. The number of furan rings is 1. The number of phenols is 1. The molecule has 1 saturated carbocycles. The number of phenolic OH excluding ortho intramolecular Hbond substituents is 1. The number of hydrogen-bond acceptors (Lipinski definition) is 6. The van der Waals surface area contributed by atoms with Crippen LogP contribution in [0.15, 0.2) is 53.7 Å². The third kappa shape index (κ3) is 2.68. The van der Waals surface area contributed by atoms with Crippen molar-refractivity contribution >= 4 is 12.0 Å². The maximum atomic E-state index is 13.1. The summed E-state index contributed by atoms with van der Waals surface area (Å²) >= 11 is 0. The minimum Gasteiger partial charge on any atom is -0.504 e. The van der Waals surface area contributed by atoms with E-state index < -0.39 is 17.1 Å². The Kier molecular flexibility index (Phi) is 4.73. The number of piperidine rings is 1. The normalized spacial score (nSPS) is 33.4. The number of benzene rings is 1. The van der Waals surface area contributed by atoms with Crippen molar-refractivity contribution < 1.29 is 24.2 Å². The summed E-state index contributed by atoms with van der Waals surface area (Å²) in [7, 11) is 1.79. The van der Waals surface area contributed by atoms with Crippen LogP contribution in [0.2, 0.25) is 0 Å². The summed E-state index contributed by atoms with van der Waals surface area (Å²) in [5.74, 6) is 1.04. The molecule has 1 aromatic heterocycles. The van der Waals surface area contributed by atoms with Gasteiger partial charge < -0.3 is 24.3 Å². The molecule has 1 spiro atoms. The second kappa shape index (κ2) is 7.48. The molecule has 2 N–H and O–H groups in total. The molecule has 1 aromatic carbocycles. The smallest absolute Gasteiger partial charge is 0.246 e.